The van der Waals surface area contributed by atoms with E-state index < -0.39 is 0 Å². The number of hydrogen-bond donors (Lipinski definition) is 1. The average molecular weight is 333 g/mol. The number of rotatable bonds is 4. The van der Waals surface area contributed by atoms with Gasteiger partial charge in [0.1, 0.15) is 5.15 Å². The van der Waals surface area contributed by atoms with E-state index in [0.29, 0.717) is 5.15 Å². The molecule has 0 amide bonds. The first-order chi connectivity index (χ1) is 8.19. The zero-order valence-corrected chi connectivity index (χ0v) is 12.4. The second kappa shape index (κ2) is 5.80. The van der Waals surface area contributed by atoms with Gasteiger partial charge >= 0.3 is 0 Å². The lowest BCUT2D eigenvalue weighted by molar-refractivity contribution is 1.09. The number of anilines is 1. The summed E-state index contributed by atoms with van der Waals surface area (Å²) in [6, 6.07) is 1.91. The highest BCUT2D eigenvalue weighted by atomic mass is 79.9. The molecule has 0 saturated heterocycles. The van der Waals surface area contributed by atoms with Crippen molar-refractivity contribution in [3.05, 3.63) is 38.0 Å². The van der Waals surface area contributed by atoms with E-state index in [2.05, 4.69) is 38.1 Å². The topological polar surface area (TPSA) is 37.8 Å². The van der Waals surface area contributed by atoms with Gasteiger partial charge in [-0.3, -0.25) is 0 Å². The van der Waals surface area contributed by atoms with Gasteiger partial charge in [0, 0.05) is 11.1 Å². The summed E-state index contributed by atoms with van der Waals surface area (Å²) in [5.74, 6) is 0. The third-order valence-electron chi connectivity index (χ3n) is 2.17. The normalized spacial score (nSPS) is 10.5. The van der Waals surface area contributed by atoms with Crippen LogP contribution in [-0.4, -0.2) is 9.97 Å². The van der Waals surface area contributed by atoms with E-state index in [1.807, 2.05) is 12.3 Å². The molecule has 0 bridgehead atoms. The van der Waals surface area contributed by atoms with Crippen LogP contribution in [0.3, 0.4) is 0 Å². The van der Waals surface area contributed by atoms with Crippen LogP contribution in [0.15, 0.2) is 22.9 Å². The number of thiazole rings is 1. The van der Waals surface area contributed by atoms with Gasteiger partial charge in [0.25, 0.3) is 0 Å². The Labute approximate surface area is 117 Å². The first-order valence-electron chi connectivity index (χ1n) is 5.17. The summed E-state index contributed by atoms with van der Waals surface area (Å²) in [5.41, 5.74) is 0.938. The Bertz CT molecular complexity index is 515. The van der Waals surface area contributed by atoms with E-state index in [0.717, 1.165) is 28.1 Å². The highest BCUT2D eigenvalue weighted by molar-refractivity contribution is 9.10. The molecular formula is C11H11BrClN3S. The number of nitrogens with zero attached hydrogens (tertiary/aromatic N) is 2. The van der Waals surface area contributed by atoms with Crippen molar-refractivity contribution >= 4 is 44.6 Å². The van der Waals surface area contributed by atoms with Gasteiger partial charge < -0.3 is 5.32 Å². The minimum Gasteiger partial charge on any atom is -0.379 e. The smallest absolute Gasteiger partial charge is 0.143 e. The maximum absolute atomic E-state index is 5.83. The lowest BCUT2D eigenvalue weighted by atomic mass is 10.4. The van der Waals surface area contributed by atoms with Crippen molar-refractivity contribution in [2.24, 2.45) is 0 Å². The van der Waals surface area contributed by atoms with Gasteiger partial charge in [-0.05, 0) is 28.4 Å². The van der Waals surface area contributed by atoms with E-state index in [1.54, 1.807) is 17.5 Å². The summed E-state index contributed by atoms with van der Waals surface area (Å²) >= 11 is 10.9. The molecule has 0 atom stereocenters. The molecule has 0 aliphatic carbocycles. The number of halogens is 2. The van der Waals surface area contributed by atoms with Crippen molar-refractivity contribution in [2.75, 3.05) is 5.32 Å². The maximum Gasteiger partial charge on any atom is 0.143 e. The van der Waals surface area contributed by atoms with E-state index in [9.17, 15) is 0 Å². The number of hydrogen-bond acceptors (Lipinski definition) is 4. The summed E-state index contributed by atoms with van der Waals surface area (Å²) < 4.78 is 0.794. The van der Waals surface area contributed by atoms with Gasteiger partial charge in [-0.2, -0.15) is 0 Å². The molecule has 2 rings (SSSR count). The number of aryl methyl sites for hydroxylation is 1. The quantitative estimate of drug-likeness (QED) is 0.856. The van der Waals surface area contributed by atoms with Gasteiger partial charge in [-0.1, -0.05) is 18.5 Å². The minimum atomic E-state index is 0.474. The molecule has 0 unspecified atom stereocenters. The molecule has 0 spiro atoms. The summed E-state index contributed by atoms with van der Waals surface area (Å²) in [7, 11) is 0. The van der Waals surface area contributed by atoms with Crippen molar-refractivity contribution in [3.63, 3.8) is 0 Å². The van der Waals surface area contributed by atoms with Gasteiger partial charge in [0.15, 0.2) is 0 Å². The van der Waals surface area contributed by atoms with Crippen LogP contribution in [0.25, 0.3) is 0 Å². The monoisotopic (exact) mass is 331 g/mol. The van der Waals surface area contributed by atoms with Crippen molar-refractivity contribution in [3.8, 4) is 0 Å². The molecule has 2 aromatic heterocycles. The lowest BCUT2D eigenvalue weighted by Gasteiger charge is -2.04. The SMILES string of the molecule is CCc1ncc(CNc2cnc(Cl)c(Br)c2)s1. The first-order valence-corrected chi connectivity index (χ1v) is 7.16. The molecule has 0 fully saturated rings. The molecule has 1 N–H and O–H groups in total. The molecule has 0 aliphatic heterocycles. The van der Waals surface area contributed by atoms with E-state index >= 15 is 0 Å². The zero-order valence-electron chi connectivity index (χ0n) is 9.20. The molecule has 0 radical (unpaired) electrons. The molecule has 0 aromatic carbocycles. The summed E-state index contributed by atoms with van der Waals surface area (Å²) in [4.78, 5) is 9.58. The van der Waals surface area contributed by atoms with Crippen LogP contribution in [0, 0.1) is 0 Å². The highest BCUT2D eigenvalue weighted by Gasteiger charge is 2.02. The maximum atomic E-state index is 5.83. The summed E-state index contributed by atoms with van der Waals surface area (Å²) in [6.07, 6.45) is 4.61. The van der Waals surface area contributed by atoms with Crippen LogP contribution >= 0.6 is 38.9 Å². The molecule has 17 heavy (non-hydrogen) atoms. The number of aromatic nitrogens is 2. The summed E-state index contributed by atoms with van der Waals surface area (Å²) in [6.45, 7) is 2.86. The van der Waals surface area contributed by atoms with Crippen molar-refractivity contribution in [1.29, 1.82) is 0 Å². The Hall–Kier alpha value is -0.650. The Morgan fingerprint density at radius 3 is 2.88 bits per heavy atom. The lowest BCUT2D eigenvalue weighted by Crippen LogP contribution is -1.98. The van der Waals surface area contributed by atoms with Crippen molar-refractivity contribution in [2.45, 2.75) is 19.9 Å². The third kappa shape index (κ3) is 3.40. The van der Waals surface area contributed by atoms with E-state index in [-0.39, 0.29) is 0 Å². The van der Waals surface area contributed by atoms with Crippen LogP contribution in [-0.2, 0) is 13.0 Å². The predicted octanol–water partition coefficient (Wildman–Crippen LogP) is 4.13. The van der Waals surface area contributed by atoms with Crippen LogP contribution in [0.4, 0.5) is 5.69 Å². The number of nitrogens with one attached hydrogen (secondary N) is 1. The van der Waals surface area contributed by atoms with Crippen LogP contribution < -0.4 is 5.32 Å². The fraction of sp³-hybridized carbons (Fsp3) is 0.273. The van der Waals surface area contributed by atoms with Crippen molar-refractivity contribution in [1.82, 2.24) is 9.97 Å². The fourth-order valence-electron chi connectivity index (χ4n) is 1.30. The molecular weight excluding hydrogens is 322 g/mol. The van der Waals surface area contributed by atoms with E-state index in [1.165, 1.54) is 4.88 Å². The minimum absolute atomic E-state index is 0.474. The fourth-order valence-corrected chi connectivity index (χ4v) is 2.55. The molecule has 0 aliphatic rings. The Morgan fingerprint density at radius 1 is 1.41 bits per heavy atom. The second-order valence-electron chi connectivity index (χ2n) is 3.42. The molecule has 90 valence electrons. The highest BCUT2D eigenvalue weighted by Crippen LogP contribution is 2.23. The number of pyridine rings is 1. The van der Waals surface area contributed by atoms with Crippen LogP contribution in [0.2, 0.25) is 5.15 Å². The largest absolute Gasteiger partial charge is 0.379 e. The van der Waals surface area contributed by atoms with Crippen LogP contribution in [0.1, 0.15) is 16.8 Å². The summed E-state index contributed by atoms with van der Waals surface area (Å²) in [5, 5.41) is 4.92. The molecule has 3 nitrogen and oxygen atoms in total. The first kappa shape index (κ1) is 12.8. The molecule has 6 heteroatoms. The van der Waals surface area contributed by atoms with Crippen LogP contribution in [0.5, 0.6) is 0 Å². The van der Waals surface area contributed by atoms with Crippen molar-refractivity contribution < 1.29 is 0 Å². The molecule has 2 aromatic rings. The Kier molecular flexibility index (Phi) is 4.36. The Balaban J connectivity index is 1.99. The van der Waals surface area contributed by atoms with Gasteiger partial charge in [0.2, 0.25) is 0 Å². The van der Waals surface area contributed by atoms with Gasteiger partial charge in [-0.25, -0.2) is 9.97 Å². The zero-order chi connectivity index (χ0) is 12.3. The second-order valence-corrected chi connectivity index (χ2v) is 5.84. The van der Waals surface area contributed by atoms with Gasteiger partial charge in [-0.15, -0.1) is 11.3 Å². The third-order valence-corrected chi connectivity index (χ3v) is 4.44. The van der Waals surface area contributed by atoms with Gasteiger partial charge in [0.05, 0.1) is 27.9 Å². The molecule has 0 saturated carbocycles. The predicted molar refractivity (Wildman–Crippen MR) is 75.8 cm³/mol. The standard InChI is InChI=1S/C11H11BrClN3S/c1-2-10-15-6-8(17-10)5-14-7-3-9(12)11(13)16-4-7/h3-4,6,14H,2,5H2,1H3. The van der Waals surface area contributed by atoms with E-state index in [4.69, 9.17) is 11.6 Å². The Morgan fingerprint density at radius 2 is 2.24 bits per heavy atom. The average Bonchev–Trinajstić information content (AvgIpc) is 2.79. The molecule has 2 heterocycles.